The highest BCUT2D eigenvalue weighted by atomic mass is 16.5. The van der Waals surface area contributed by atoms with Crippen LogP contribution in [0.15, 0.2) is 47.2 Å². The minimum Gasteiger partial charge on any atom is -0.497 e. The molecule has 1 amide bonds. The molecule has 0 bridgehead atoms. The fraction of sp³-hybridized carbons (Fsp3) is 0.133. The van der Waals surface area contributed by atoms with Gasteiger partial charge in [-0.25, -0.2) is 0 Å². The van der Waals surface area contributed by atoms with Gasteiger partial charge in [0.05, 0.1) is 25.5 Å². The van der Waals surface area contributed by atoms with E-state index in [4.69, 9.17) is 9.15 Å². The first kappa shape index (κ1) is 12.3. The van der Waals surface area contributed by atoms with E-state index < -0.39 is 0 Å². The number of benzene rings is 1. The van der Waals surface area contributed by atoms with E-state index in [1.807, 2.05) is 24.3 Å². The summed E-state index contributed by atoms with van der Waals surface area (Å²) in [6.07, 6.45) is 3.28. The zero-order valence-corrected chi connectivity index (χ0v) is 11.0. The summed E-state index contributed by atoms with van der Waals surface area (Å²) in [5.74, 6) is 1.33. The van der Waals surface area contributed by atoms with E-state index in [0.717, 1.165) is 22.4 Å². The Bertz CT molecular complexity index is 729. The van der Waals surface area contributed by atoms with Crippen LogP contribution in [0.2, 0.25) is 0 Å². The van der Waals surface area contributed by atoms with Crippen LogP contribution in [0.3, 0.4) is 0 Å². The van der Waals surface area contributed by atoms with E-state index in [-0.39, 0.29) is 5.91 Å². The molecule has 0 atom stereocenters. The number of hydrogen-bond acceptors (Lipinski definition) is 3. The van der Waals surface area contributed by atoms with Crippen LogP contribution in [0.1, 0.15) is 16.1 Å². The van der Waals surface area contributed by atoms with Gasteiger partial charge < -0.3 is 19.5 Å². The van der Waals surface area contributed by atoms with Crippen molar-refractivity contribution in [1.82, 2.24) is 10.3 Å². The fourth-order valence-corrected chi connectivity index (χ4v) is 2.10. The Kier molecular flexibility index (Phi) is 3.16. The number of ether oxygens (including phenoxy) is 1. The Morgan fingerprint density at radius 3 is 3.05 bits per heavy atom. The Balaban J connectivity index is 1.81. The Morgan fingerprint density at radius 2 is 2.30 bits per heavy atom. The van der Waals surface area contributed by atoms with Crippen molar-refractivity contribution in [2.24, 2.45) is 0 Å². The van der Waals surface area contributed by atoms with Gasteiger partial charge in [0, 0.05) is 23.2 Å². The molecule has 0 radical (unpaired) electrons. The molecule has 0 aliphatic rings. The molecule has 0 aliphatic heterocycles. The van der Waals surface area contributed by atoms with Gasteiger partial charge >= 0.3 is 0 Å². The van der Waals surface area contributed by atoms with E-state index in [1.165, 1.54) is 0 Å². The average molecular weight is 270 g/mol. The molecule has 5 heteroatoms. The summed E-state index contributed by atoms with van der Waals surface area (Å²) in [6, 6.07) is 9.17. The largest absolute Gasteiger partial charge is 0.497 e. The lowest BCUT2D eigenvalue weighted by molar-refractivity contribution is 0.0949. The van der Waals surface area contributed by atoms with E-state index >= 15 is 0 Å². The second-order valence-electron chi connectivity index (χ2n) is 4.38. The van der Waals surface area contributed by atoms with Crippen LogP contribution in [0.5, 0.6) is 5.75 Å². The smallest absolute Gasteiger partial charge is 0.253 e. The number of aromatic nitrogens is 1. The fourth-order valence-electron chi connectivity index (χ4n) is 2.10. The third kappa shape index (κ3) is 2.25. The van der Waals surface area contributed by atoms with Gasteiger partial charge in [-0.15, -0.1) is 0 Å². The van der Waals surface area contributed by atoms with Crippen molar-refractivity contribution in [3.05, 3.63) is 54.1 Å². The Morgan fingerprint density at radius 1 is 1.40 bits per heavy atom. The minimum atomic E-state index is -0.141. The Hall–Kier alpha value is -2.69. The second-order valence-corrected chi connectivity index (χ2v) is 4.38. The first-order valence-electron chi connectivity index (χ1n) is 6.23. The quantitative estimate of drug-likeness (QED) is 0.766. The number of fused-ring (bicyclic) bond motifs is 1. The lowest BCUT2D eigenvalue weighted by atomic mass is 10.1. The van der Waals surface area contributed by atoms with Gasteiger partial charge in [0.25, 0.3) is 5.91 Å². The van der Waals surface area contributed by atoms with Gasteiger partial charge in [-0.2, -0.15) is 0 Å². The van der Waals surface area contributed by atoms with Gasteiger partial charge in [0.15, 0.2) is 0 Å². The van der Waals surface area contributed by atoms with Crippen molar-refractivity contribution < 1.29 is 13.9 Å². The second kappa shape index (κ2) is 5.13. The number of aromatic amines is 1. The van der Waals surface area contributed by atoms with Crippen molar-refractivity contribution in [3.63, 3.8) is 0 Å². The van der Waals surface area contributed by atoms with E-state index in [9.17, 15) is 4.79 Å². The number of H-pyrrole nitrogens is 1. The SMILES string of the molecule is COc1ccc2c(C(=O)NCc3ccco3)c[nH]c2c1. The number of nitrogens with one attached hydrogen (secondary N) is 2. The van der Waals surface area contributed by atoms with Crippen molar-refractivity contribution in [3.8, 4) is 5.75 Å². The number of furan rings is 1. The normalized spacial score (nSPS) is 10.7. The number of rotatable bonds is 4. The Labute approximate surface area is 115 Å². The number of hydrogen-bond donors (Lipinski definition) is 2. The first-order valence-corrected chi connectivity index (χ1v) is 6.23. The number of amides is 1. The van der Waals surface area contributed by atoms with Crippen molar-refractivity contribution in [2.45, 2.75) is 6.54 Å². The van der Waals surface area contributed by atoms with Crippen molar-refractivity contribution >= 4 is 16.8 Å². The molecule has 102 valence electrons. The van der Waals surface area contributed by atoms with Crippen LogP contribution >= 0.6 is 0 Å². The zero-order valence-electron chi connectivity index (χ0n) is 11.0. The van der Waals surface area contributed by atoms with Crippen LogP contribution < -0.4 is 10.1 Å². The molecule has 20 heavy (non-hydrogen) atoms. The third-order valence-electron chi connectivity index (χ3n) is 3.14. The van der Waals surface area contributed by atoms with Crippen LogP contribution in [0.25, 0.3) is 10.9 Å². The summed E-state index contributed by atoms with van der Waals surface area (Å²) >= 11 is 0. The molecule has 0 spiro atoms. The topological polar surface area (TPSA) is 67.3 Å². The molecule has 5 nitrogen and oxygen atoms in total. The van der Waals surface area contributed by atoms with Crippen molar-refractivity contribution in [1.29, 1.82) is 0 Å². The predicted molar refractivity (Wildman–Crippen MR) is 74.7 cm³/mol. The number of carbonyl (C=O) groups excluding carboxylic acids is 1. The van der Waals surface area contributed by atoms with E-state index in [0.29, 0.717) is 12.1 Å². The molecule has 0 unspecified atom stereocenters. The molecule has 0 fully saturated rings. The lowest BCUT2D eigenvalue weighted by Crippen LogP contribution is -2.22. The van der Waals surface area contributed by atoms with Crippen LogP contribution in [0, 0.1) is 0 Å². The summed E-state index contributed by atoms with van der Waals surface area (Å²) < 4.78 is 10.3. The monoisotopic (exact) mass is 270 g/mol. The molecule has 2 N–H and O–H groups in total. The highest BCUT2D eigenvalue weighted by molar-refractivity contribution is 6.06. The summed E-state index contributed by atoms with van der Waals surface area (Å²) in [5, 5.41) is 3.69. The maximum Gasteiger partial charge on any atom is 0.253 e. The van der Waals surface area contributed by atoms with Crippen molar-refractivity contribution in [2.75, 3.05) is 7.11 Å². The molecule has 3 rings (SSSR count). The lowest BCUT2D eigenvalue weighted by Gasteiger charge is -2.03. The molecular weight excluding hydrogens is 256 g/mol. The average Bonchev–Trinajstić information content (AvgIpc) is 3.13. The van der Waals surface area contributed by atoms with Gasteiger partial charge in [-0.1, -0.05) is 0 Å². The molecule has 0 saturated heterocycles. The summed E-state index contributed by atoms with van der Waals surface area (Å²) in [4.78, 5) is 15.2. The zero-order chi connectivity index (χ0) is 13.9. The molecule has 1 aromatic carbocycles. The minimum absolute atomic E-state index is 0.141. The highest BCUT2D eigenvalue weighted by Crippen LogP contribution is 2.23. The molecular formula is C15H14N2O3. The van der Waals surface area contributed by atoms with Gasteiger partial charge in [0.2, 0.25) is 0 Å². The summed E-state index contributed by atoms with van der Waals surface area (Å²) in [6.45, 7) is 0.370. The highest BCUT2D eigenvalue weighted by Gasteiger charge is 2.12. The summed E-state index contributed by atoms with van der Waals surface area (Å²) in [7, 11) is 1.61. The summed E-state index contributed by atoms with van der Waals surface area (Å²) in [5.41, 5.74) is 1.47. The molecule has 0 aliphatic carbocycles. The maximum atomic E-state index is 12.2. The van der Waals surface area contributed by atoms with Crippen LogP contribution in [0.4, 0.5) is 0 Å². The van der Waals surface area contributed by atoms with Crippen LogP contribution in [-0.2, 0) is 6.54 Å². The molecule has 2 heterocycles. The third-order valence-corrected chi connectivity index (χ3v) is 3.14. The number of carbonyl (C=O) groups is 1. The predicted octanol–water partition coefficient (Wildman–Crippen LogP) is 2.70. The van der Waals surface area contributed by atoms with Gasteiger partial charge in [-0.05, 0) is 24.3 Å². The van der Waals surface area contributed by atoms with E-state index in [2.05, 4.69) is 10.3 Å². The van der Waals surface area contributed by atoms with E-state index in [1.54, 1.807) is 25.6 Å². The molecule has 3 aromatic rings. The van der Waals surface area contributed by atoms with Crippen LogP contribution in [-0.4, -0.2) is 18.0 Å². The van der Waals surface area contributed by atoms with Gasteiger partial charge in [0.1, 0.15) is 11.5 Å². The maximum absolute atomic E-state index is 12.2. The van der Waals surface area contributed by atoms with Gasteiger partial charge in [-0.3, -0.25) is 4.79 Å². The standard InChI is InChI=1S/C15H14N2O3/c1-19-10-4-5-12-13(9-16-14(12)7-10)15(18)17-8-11-3-2-6-20-11/h2-7,9,16H,8H2,1H3,(H,17,18). The molecule has 0 saturated carbocycles. The first-order chi connectivity index (χ1) is 9.78. The number of methoxy groups -OCH3 is 1. The molecule has 2 aromatic heterocycles.